The number of nitrogens with zero attached hydrogens (tertiary/aromatic N) is 2. The van der Waals surface area contributed by atoms with E-state index in [1.165, 1.54) is 14.1 Å². The van der Waals surface area contributed by atoms with Gasteiger partial charge in [0.05, 0.1) is 23.0 Å². The molecule has 0 spiro atoms. The van der Waals surface area contributed by atoms with Gasteiger partial charge in [-0.05, 0) is 5.56 Å². The monoisotopic (exact) mass is 435 g/mol. The standard InChI is InChI=1S/C19H21N3O7S/c1-21(2)19(27)29-9-12-10-30(28)17-14(16(24)22(17)15(12)18(25)26)20-13(23)8-11-6-4-3-5-7-11/h3-7,14,17H,8-10H2,1-2H3,(H,20,23)(H,25,26)/t14?,17-,30?/m0/s1. The molecule has 2 unspecified atom stereocenters. The highest BCUT2D eigenvalue weighted by atomic mass is 32.2. The molecule has 3 atom stereocenters. The van der Waals surface area contributed by atoms with Crippen molar-refractivity contribution in [1.29, 1.82) is 0 Å². The molecule has 30 heavy (non-hydrogen) atoms. The molecular formula is C19H21N3O7S. The molecule has 2 N–H and O–H groups in total. The van der Waals surface area contributed by atoms with Gasteiger partial charge in [0.25, 0.3) is 5.91 Å². The first-order valence-electron chi connectivity index (χ1n) is 9.03. The van der Waals surface area contributed by atoms with E-state index in [-0.39, 0.29) is 23.4 Å². The molecule has 1 saturated heterocycles. The highest BCUT2D eigenvalue weighted by molar-refractivity contribution is 7.86. The van der Waals surface area contributed by atoms with E-state index in [4.69, 9.17) is 4.74 Å². The average molecular weight is 435 g/mol. The molecule has 11 heteroatoms. The summed E-state index contributed by atoms with van der Waals surface area (Å²) in [4.78, 5) is 50.4. The third-order valence-electron chi connectivity index (χ3n) is 4.67. The van der Waals surface area contributed by atoms with E-state index < -0.39 is 52.7 Å². The zero-order chi connectivity index (χ0) is 22.0. The van der Waals surface area contributed by atoms with Crippen LogP contribution < -0.4 is 5.32 Å². The number of hydrogen-bond donors (Lipinski definition) is 2. The molecule has 1 fully saturated rings. The van der Waals surface area contributed by atoms with Gasteiger partial charge >= 0.3 is 12.1 Å². The van der Waals surface area contributed by atoms with Gasteiger partial charge in [0.15, 0.2) is 0 Å². The van der Waals surface area contributed by atoms with Crippen LogP contribution in [0.4, 0.5) is 4.79 Å². The lowest BCUT2D eigenvalue weighted by Gasteiger charge is -2.49. The van der Waals surface area contributed by atoms with Crippen LogP contribution >= 0.6 is 0 Å². The SMILES string of the molecule is CN(C)C(=O)OCC1=C(C(=O)O)N2C(=O)C(NC(=O)Cc3ccccc3)[C@@H]2S(=O)C1. The summed E-state index contributed by atoms with van der Waals surface area (Å²) in [6, 6.07) is 7.84. The molecule has 160 valence electrons. The second-order valence-electron chi connectivity index (χ2n) is 7.04. The lowest BCUT2D eigenvalue weighted by molar-refractivity contribution is -0.151. The van der Waals surface area contributed by atoms with Crippen molar-refractivity contribution in [2.24, 2.45) is 0 Å². The number of carbonyl (C=O) groups is 4. The average Bonchev–Trinajstić information content (AvgIpc) is 2.70. The Labute approximate surface area is 174 Å². The Hall–Kier alpha value is -3.21. The third-order valence-corrected chi connectivity index (χ3v) is 6.32. The van der Waals surface area contributed by atoms with Crippen molar-refractivity contribution in [1.82, 2.24) is 15.1 Å². The van der Waals surface area contributed by atoms with Crippen molar-refractivity contribution in [3.05, 3.63) is 47.2 Å². The molecule has 2 heterocycles. The molecule has 10 nitrogen and oxygen atoms in total. The topological polar surface area (TPSA) is 133 Å². The van der Waals surface area contributed by atoms with E-state index in [0.29, 0.717) is 0 Å². The van der Waals surface area contributed by atoms with E-state index in [2.05, 4.69) is 5.32 Å². The number of carboxylic acids is 1. The predicted octanol–water partition coefficient (Wildman–Crippen LogP) is -0.319. The fourth-order valence-corrected chi connectivity index (χ4v) is 4.91. The Morgan fingerprint density at radius 3 is 2.53 bits per heavy atom. The molecule has 2 aliphatic heterocycles. The molecule has 3 rings (SSSR count). The first kappa shape index (κ1) is 21.5. The minimum absolute atomic E-state index is 0.0390. The Balaban J connectivity index is 1.74. The van der Waals surface area contributed by atoms with E-state index in [0.717, 1.165) is 15.4 Å². The minimum atomic E-state index is -1.67. The Bertz CT molecular complexity index is 945. The van der Waals surface area contributed by atoms with Gasteiger partial charge in [-0.3, -0.25) is 18.7 Å². The molecule has 0 saturated carbocycles. The molecule has 0 bridgehead atoms. The van der Waals surface area contributed by atoms with Gasteiger partial charge in [0.1, 0.15) is 23.7 Å². The molecule has 0 aromatic heterocycles. The lowest BCUT2D eigenvalue weighted by atomic mass is 10.0. The van der Waals surface area contributed by atoms with Crippen molar-refractivity contribution in [2.45, 2.75) is 17.8 Å². The van der Waals surface area contributed by atoms with Crippen LogP contribution in [0.25, 0.3) is 0 Å². The van der Waals surface area contributed by atoms with E-state index in [1.54, 1.807) is 24.3 Å². The normalized spacial score (nSPS) is 22.7. The van der Waals surface area contributed by atoms with Crippen molar-refractivity contribution >= 4 is 34.7 Å². The number of amides is 3. The number of nitrogens with one attached hydrogen (secondary N) is 1. The number of rotatable bonds is 6. The summed E-state index contributed by atoms with van der Waals surface area (Å²) in [6.45, 7) is -0.397. The van der Waals surface area contributed by atoms with Crippen LogP contribution in [0.3, 0.4) is 0 Å². The molecule has 0 aliphatic carbocycles. The second-order valence-corrected chi connectivity index (χ2v) is 8.57. The lowest BCUT2D eigenvalue weighted by Crippen LogP contribution is -2.73. The van der Waals surface area contributed by atoms with Gasteiger partial charge in [0, 0.05) is 19.7 Å². The molecule has 0 radical (unpaired) electrons. The number of fused-ring (bicyclic) bond motifs is 1. The van der Waals surface area contributed by atoms with Crippen molar-refractivity contribution in [3.8, 4) is 0 Å². The highest BCUT2D eigenvalue weighted by Crippen LogP contribution is 2.35. The maximum atomic E-state index is 12.7. The molecule has 3 amide bonds. The maximum absolute atomic E-state index is 12.7. The van der Waals surface area contributed by atoms with E-state index in [9.17, 15) is 28.5 Å². The first-order chi connectivity index (χ1) is 14.2. The summed E-state index contributed by atoms with van der Waals surface area (Å²) >= 11 is 0. The molecular weight excluding hydrogens is 414 g/mol. The summed E-state index contributed by atoms with van der Waals surface area (Å²) in [7, 11) is 1.26. The molecule has 1 aromatic carbocycles. The number of aliphatic carboxylic acids is 1. The summed E-state index contributed by atoms with van der Waals surface area (Å²) in [5.41, 5.74) is 0.471. The van der Waals surface area contributed by atoms with Crippen LogP contribution in [0.2, 0.25) is 0 Å². The smallest absolute Gasteiger partial charge is 0.409 e. The summed E-state index contributed by atoms with van der Waals surface area (Å²) in [5.74, 6) is -2.66. The number of carboxylic acid groups (broad SMARTS) is 1. The maximum Gasteiger partial charge on any atom is 0.409 e. The van der Waals surface area contributed by atoms with Crippen LogP contribution in [0.15, 0.2) is 41.6 Å². The number of carbonyl (C=O) groups excluding carboxylic acids is 3. The fraction of sp³-hybridized carbons (Fsp3) is 0.368. The first-order valence-corrected chi connectivity index (χ1v) is 10.4. The zero-order valence-corrected chi connectivity index (χ0v) is 17.2. The quantitative estimate of drug-likeness (QED) is 0.585. The van der Waals surface area contributed by atoms with Gasteiger partial charge in [0.2, 0.25) is 5.91 Å². The predicted molar refractivity (Wildman–Crippen MR) is 105 cm³/mol. The van der Waals surface area contributed by atoms with Crippen LogP contribution in [0, 0.1) is 0 Å². The third kappa shape index (κ3) is 4.20. The van der Waals surface area contributed by atoms with Crippen molar-refractivity contribution in [2.75, 3.05) is 26.5 Å². The van der Waals surface area contributed by atoms with Crippen LogP contribution in [-0.2, 0) is 36.3 Å². The van der Waals surface area contributed by atoms with Gasteiger partial charge in [-0.25, -0.2) is 9.59 Å². The largest absolute Gasteiger partial charge is 0.477 e. The number of ether oxygens (including phenoxy) is 1. The van der Waals surface area contributed by atoms with E-state index >= 15 is 0 Å². The van der Waals surface area contributed by atoms with Crippen LogP contribution in [0.1, 0.15) is 5.56 Å². The highest BCUT2D eigenvalue weighted by Gasteiger charge is 2.57. The summed E-state index contributed by atoms with van der Waals surface area (Å²) < 4.78 is 17.7. The van der Waals surface area contributed by atoms with Crippen molar-refractivity contribution in [3.63, 3.8) is 0 Å². The minimum Gasteiger partial charge on any atom is -0.477 e. The van der Waals surface area contributed by atoms with Gasteiger partial charge in [-0.2, -0.15) is 0 Å². The Morgan fingerprint density at radius 2 is 1.93 bits per heavy atom. The van der Waals surface area contributed by atoms with Crippen LogP contribution in [-0.4, -0.2) is 80.9 Å². The zero-order valence-electron chi connectivity index (χ0n) is 16.4. The summed E-state index contributed by atoms with van der Waals surface area (Å²) in [5, 5.41) is 11.2. The van der Waals surface area contributed by atoms with Crippen LogP contribution in [0.5, 0.6) is 0 Å². The Morgan fingerprint density at radius 1 is 1.27 bits per heavy atom. The van der Waals surface area contributed by atoms with Crippen molar-refractivity contribution < 1.29 is 33.2 Å². The fourth-order valence-electron chi connectivity index (χ4n) is 3.25. The van der Waals surface area contributed by atoms with Gasteiger partial charge < -0.3 is 20.1 Å². The van der Waals surface area contributed by atoms with E-state index in [1.807, 2.05) is 6.07 Å². The number of β-lactam (4-membered cyclic amide) rings is 1. The second kappa shape index (κ2) is 8.66. The molecule has 2 aliphatic rings. The Kier molecular flexibility index (Phi) is 6.20. The van der Waals surface area contributed by atoms with Gasteiger partial charge in [-0.1, -0.05) is 30.3 Å². The number of benzene rings is 1. The molecule has 1 aromatic rings. The van der Waals surface area contributed by atoms with Gasteiger partial charge in [-0.15, -0.1) is 0 Å². The number of hydrogen-bond acceptors (Lipinski definition) is 6. The summed E-state index contributed by atoms with van der Waals surface area (Å²) in [6.07, 6.45) is -0.654.